The summed E-state index contributed by atoms with van der Waals surface area (Å²) in [4.78, 5) is 15.1. The van der Waals surface area contributed by atoms with Crippen molar-refractivity contribution in [1.82, 2.24) is 4.98 Å². The van der Waals surface area contributed by atoms with Gasteiger partial charge in [-0.25, -0.2) is 0 Å². The van der Waals surface area contributed by atoms with Crippen molar-refractivity contribution in [3.05, 3.63) is 30.1 Å². The third-order valence-electron chi connectivity index (χ3n) is 2.12. The second-order valence-electron chi connectivity index (χ2n) is 3.37. The number of aryl methyl sites for hydroxylation is 1. The summed E-state index contributed by atoms with van der Waals surface area (Å²) < 4.78 is 4.84. The number of unbranched alkanes of at least 4 members (excludes halogenated alkanes) is 1. The van der Waals surface area contributed by atoms with Crippen LogP contribution in [0.1, 0.15) is 31.7 Å². The van der Waals surface area contributed by atoms with E-state index in [1.165, 1.54) is 5.56 Å². The van der Waals surface area contributed by atoms with Crippen molar-refractivity contribution in [3.8, 4) is 0 Å². The van der Waals surface area contributed by atoms with Crippen LogP contribution in [0.5, 0.6) is 0 Å². The van der Waals surface area contributed by atoms with E-state index >= 15 is 0 Å². The normalized spacial score (nSPS) is 9.93. The van der Waals surface area contributed by atoms with Gasteiger partial charge in [0.25, 0.3) is 0 Å². The number of aromatic nitrogens is 1. The molecule has 0 aliphatic rings. The fourth-order valence-corrected chi connectivity index (χ4v) is 1.38. The first-order valence-electron chi connectivity index (χ1n) is 5.37. The Morgan fingerprint density at radius 2 is 2.33 bits per heavy atom. The highest BCUT2D eigenvalue weighted by molar-refractivity contribution is 5.69. The molecule has 82 valence electrons. The number of hydrogen-bond acceptors (Lipinski definition) is 3. The van der Waals surface area contributed by atoms with Crippen LogP contribution in [0.3, 0.4) is 0 Å². The first kappa shape index (κ1) is 11.7. The Morgan fingerprint density at radius 3 is 3.00 bits per heavy atom. The zero-order valence-electron chi connectivity index (χ0n) is 9.11. The summed E-state index contributed by atoms with van der Waals surface area (Å²) in [6, 6.07) is 3.98. The van der Waals surface area contributed by atoms with Gasteiger partial charge < -0.3 is 4.74 Å². The molecule has 1 heterocycles. The van der Waals surface area contributed by atoms with E-state index in [9.17, 15) is 4.79 Å². The highest BCUT2D eigenvalue weighted by Gasteiger charge is 2.00. The number of pyridine rings is 1. The number of carbonyl (C=O) groups is 1. The zero-order valence-corrected chi connectivity index (χ0v) is 9.11. The Morgan fingerprint density at radius 1 is 1.47 bits per heavy atom. The Labute approximate surface area is 90.5 Å². The minimum absolute atomic E-state index is 0.0938. The van der Waals surface area contributed by atoms with Crippen LogP contribution in [-0.2, 0) is 16.0 Å². The van der Waals surface area contributed by atoms with Gasteiger partial charge in [0, 0.05) is 18.8 Å². The Balaban J connectivity index is 2.10. The molecule has 0 aliphatic carbocycles. The largest absolute Gasteiger partial charge is 0.466 e. The van der Waals surface area contributed by atoms with Crippen LogP contribution in [0.25, 0.3) is 0 Å². The van der Waals surface area contributed by atoms with Crippen LogP contribution in [0, 0.1) is 0 Å². The van der Waals surface area contributed by atoms with Gasteiger partial charge in [-0.1, -0.05) is 6.07 Å². The minimum atomic E-state index is -0.0938. The lowest BCUT2D eigenvalue weighted by Gasteiger charge is -2.01. The van der Waals surface area contributed by atoms with Gasteiger partial charge >= 0.3 is 5.97 Å². The van der Waals surface area contributed by atoms with E-state index in [1.54, 1.807) is 6.20 Å². The van der Waals surface area contributed by atoms with Crippen LogP contribution in [0.4, 0.5) is 0 Å². The summed E-state index contributed by atoms with van der Waals surface area (Å²) in [7, 11) is 0. The van der Waals surface area contributed by atoms with E-state index in [0.29, 0.717) is 13.0 Å². The minimum Gasteiger partial charge on any atom is -0.466 e. The predicted octanol–water partition coefficient (Wildman–Crippen LogP) is 2.36. The third-order valence-corrected chi connectivity index (χ3v) is 2.12. The molecule has 0 bridgehead atoms. The predicted molar refractivity (Wildman–Crippen MR) is 58.4 cm³/mol. The summed E-state index contributed by atoms with van der Waals surface area (Å²) in [5.74, 6) is -0.0938. The molecule has 0 N–H and O–H groups in total. The summed E-state index contributed by atoms with van der Waals surface area (Å²) in [6.07, 6.45) is 7.02. The molecule has 1 aromatic heterocycles. The number of ether oxygens (including phenoxy) is 1. The lowest BCUT2D eigenvalue weighted by atomic mass is 10.1. The van der Waals surface area contributed by atoms with Crippen molar-refractivity contribution in [1.29, 1.82) is 0 Å². The van der Waals surface area contributed by atoms with Crippen molar-refractivity contribution in [3.63, 3.8) is 0 Å². The van der Waals surface area contributed by atoms with E-state index < -0.39 is 0 Å². The molecular formula is C12H17NO2. The van der Waals surface area contributed by atoms with Crippen molar-refractivity contribution < 1.29 is 9.53 Å². The molecule has 0 saturated heterocycles. The van der Waals surface area contributed by atoms with Crippen LogP contribution in [-0.4, -0.2) is 17.6 Å². The number of esters is 1. The second-order valence-corrected chi connectivity index (χ2v) is 3.37. The average Bonchev–Trinajstić information content (AvgIpc) is 2.26. The van der Waals surface area contributed by atoms with Gasteiger partial charge in [0.15, 0.2) is 0 Å². The highest BCUT2D eigenvalue weighted by Crippen LogP contribution is 2.05. The van der Waals surface area contributed by atoms with Gasteiger partial charge in [0.1, 0.15) is 0 Å². The zero-order chi connectivity index (χ0) is 10.9. The van der Waals surface area contributed by atoms with Gasteiger partial charge in [-0.3, -0.25) is 9.78 Å². The van der Waals surface area contributed by atoms with E-state index in [2.05, 4.69) is 11.1 Å². The van der Waals surface area contributed by atoms with Crippen LogP contribution < -0.4 is 0 Å². The van der Waals surface area contributed by atoms with Gasteiger partial charge in [-0.15, -0.1) is 0 Å². The molecule has 0 aliphatic heterocycles. The highest BCUT2D eigenvalue weighted by atomic mass is 16.5. The molecule has 3 nitrogen and oxygen atoms in total. The van der Waals surface area contributed by atoms with Gasteiger partial charge in [0.05, 0.1) is 6.61 Å². The van der Waals surface area contributed by atoms with Crippen LogP contribution in [0.2, 0.25) is 0 Å². The number of rotatable bonds is 6. The topological polar surface area (TPSA) is 39.2 Å². The van der Waals surface area contributed by atoms with Crippen molar-refractivity contribution in [2.24, 2.45) is 0 Å². The molecule has 0 atom stereocenters. The third kappa shape index (κ3) is 5.15. The maximum Gasteiger partial charge on any atom is 0.305 e. The summed E-state index contributed by atoms with van der Waals surface area (Å²) in [5.41, 5.74) is 1.22. The summed E-state index contributed by atoms with van der Waals surface area (Å²) in [6.45, 7) is 2.30. The standard InChI is InChI=1S/C12H17NO2/c1-2-15-12(14)8-4-3-6-11-7-5-9-13-10-11/h5,7,9-10H,2-4,6,8H2,1H3. The fourth-order valence-electron chi connectivity index (χ4n) is 1.38. The maximum absolute atomic E-state index is 11.0. The summed E-state index contributed by atoms with van der Waals surface area (Å²) in [5, 5.41) is 0. The quantitative estimate of drug-likeness (QED) is 0.531. The Kier molecular flexibility index (Phi) is 5.44. The van der Waals surface area contributed by atoms with Gasteiger partial charge in [0.2, 0.25) is 0 Å². The first-order valence-corrected chi connectivity index (χ1v) is 5.37. The lowest BCUT2D eigenvalue weighted by molar-refractivity contribution is -0.143. The molecule has 0 unspecified atom stereocenters. The van der Waals surface area contributed by atoms with Gasteiger partial charge in [-0.05, 0) is 37.8 Å². The van der Waals surface area contributed by atoms with E-state index in [-0.39, 0.29) is 5.97 Å². The second kappa shape index (κ2) is 6.98. The Hall–Kier alpha value is -1.38. The average molecular weight is 207 g/mol. The van der Waals surface area contributed by atoms with E-state index in [0.717, 1.165) is 19.3 Å². The molecule has 0 aromatic carbocycles. The van der Waals surface area contributed by atoms with Crippen LogP contribution in [0.15, 0.2) is 24.5 Å². The molecule has 0 fully saturated rings. The van der Waals surface area contributed by atoms with E-state index in [4.69, 9.17) is 4.74 Å². The maximum atomic E-state index is 11.0. The Bertz CT molecular complexity index is 285. The van der Waals surface area contributed by atoms with Crippen molar-refractivity contribution in [2.45, 2.75) is 32.6 Å². The molecule has 3 heteroatoms. The lowest BCUT2D eigenvalue weighted by Crippen LogP contribution is -2.03. The molecule has 1 aromatic rings. The SMILES string of the molecule is CCOC(=O)CCCCc1cccnc1. The van der Waals surface area contributed by atoms with E-state index in [1.807, 2.05) is 19.2 Å². The molecule has 15 heavy (non-hydrogen) atoms. The number of carbonyl (C=O) groups excluding carboxylic acids is 1. The molecule has 0 spiro atoms. The molecule has 1 rings (SSSR count). The monoisotopic (exact) mass is 207 g/mol. The van der Waals surface area contributed by atoms with Crippen LogP contribution >= 0.6 is 0 Å². The fraction of sp³-hybridized carbons (Fsp3) is 0.500. The number of hydrogen-bond donors (Lipinski definition) is 0. The number of nitrogens with zero attached hydrogens (tertiary/aromatic N) is 1. The molecule has 0 amide bonds. The summed E-state index contributed by atoms with van der Waals surface area (Å²) >= 11 is 0. The molecule has 0 radical (unpaired) electrons. The smallest absolute Gasteiger partial charge is 0.305 e. The molecular weight excluding hydrogens is 190 g/mol. The van der Waals surface area contributed by atoms with Gasteiger partial charge in [-0.2, -0.15) is 0 Å². The van der Waals surface area contributed by atoms with Crippen molar-refractivity contribution >= 4 is 5.97 Å². The molecule has 0 saturated carbocycles. The van der Waals surface area contributed by atoms with Crippen molar-refractivity contribution in [2.75, 3.05) is 6.61 Å². The first-order chi connectivity index (χ1) is 7.33.